The van der Waals surface area contributed by atoms with Gasteiger partial charge in [0.1, 0.15) is 0 Å². The summed E-state index contributed by atoms with van der Waals surface area (Å²) in [6.07, 6.45) is 11.2. The van der Waals surface area contributed by atoms with Crippen LogP contribution in [0, 0.1) is 12.8 Å². The molecule has 4 rings (SSSR count). The minimum Gasteiger partial charge on any atom is -0.398 e. The van der Waals surface area contributed by atoms with Crippen molar-refractivity contribution < 1.29 is 4.79 Å². The molecule has 0 unspecified atom stereocenters. The van der Waals surface area contributed by atoms with Crippen LogP contribution in [0.3, 0.4) is 0 Å². The zero-order valence-corrected chi connectivity index (χ0v) is 23.3. The van der Waals surface area contributed by atoms with E-state index in [1.807, 2.05) is 23.1 Å². The molecular weight excluding hydrogens is 454 g/mol. The first-order valence-corrected chi connectivity index (χ1v) is 13.9. The summed E-state index contributed by atoms with van der Waals surface area (Å²) in [4.78, 5) is 17.3. The Morgan fingerprint density at radius 2 is 1.65 bits per heavy atom. The van der Waals surface area contributed by atoms with Gasteiger partial charge in [0.15, 0.2) is 0 Å². The van der Waals surface area contributed by atoms with Gasteiger partial charge in [-0.05, 0) is 98.5 Å². The van der Waals surface area contributed by atoms with Crippen molar-refractivity contribution in [1.29, 1.82) is 0 Å². The maximum absolute atomic E-state index is 13.1. The Balaban J connectivity index is 1.72. The minimum absolute atomic E-state index is 0.134. The quantitative estimate of drug-likeness (QED) is 0.314. The summed E-state index contributed by atoms with van der Waals surface area (Å²) >= 11 is 0. The van der Waals surface area contributed by atoms with Crippen molar-refractivity contribution >= 4 is 28.8 Å². The number of aryl methyl sites for hydroxylation is 1. The van der Waals surface area contributed by atoms with Crippen LogP contribution >= 0.6 is 0 Å². The Morgan fingerprint density at radius 1 is 1.00 bits per heavy atom. The number of hydrogen-bond acceptors (Lipinski definition) is 3. The Hall–Kier alpha value is -3.11. The number of nitrogens with zero attached hydrogens (tertiary/aromatic N) is 2. The second kappa shape index (κ2) is 12.0. The number of anilines is 1. The van der Waals surface area contributed by atoms with Crippen molar-refractivity contribution in [2.45, 2.75) is 53.4 Å². The number of allylic oxidation sites excluding steroid dienone is 5. The zero-order valence-electron chi connectivity index (χ0n) is 23.3. The molecule has 2 fully saturated rings. The number of piperazine rings is 1. The molecule has 1 aliphatic heterocycles. The third-order valence-electron chi connectivity index (χ3n) is 7.84. The molecule has 1 aliphatic carbocycles. The highest BCUT2D eigenvalue weighted by Crippen LogP contribution is 2.46. The number of carbonyl (C=O) groups excluding carboxylic acids is 1. The number of hydrogen-bond donors (Lipinski definition) is 1. The molecule has 2 aromatic carbocycles. The van der Waals surface area contributed by atoms with Gasteiger partial charge in [0, 0.05) is 43.0 Å². The molecule has 37 heavy (non-hydrogen) atoms. The maximum Gasteiger partial charge on any atom is 0.253 e. The van der Waals surface area contributed by atoms with E-state index in [0.29, 0.717) is 5.92 Å². The van der Waals surface area contributed by atoms with E-state index in [4.69, 9.17) is 5.73 Å². The van der Waals surface area contributed by atoms with Crippen LogP contribution in [-0.4, -0.2) is 48.9 Å². The molecule has 0 bridgehead atoms. The molecule has 0 aromatic heterocycles. The predicted octanol–water partition coefficient (Wildman–Crippen LogP) is 7.07. The predicted molar refractivity (Wildman–Crippen MR) is 158 cm³/mol. The van der Waals surface area contributed by atoms with E-state index in [2.05, 4.69) is 76.1 Å². The largest absolute Gasteiger partial charge is 0.398 e. The van der Waals surface area contributed by atoms with Gasteiger partial charge >= 0.3 is 0 Å². The van der Waals surface area contributed by atoms with Gasteiger partial charge in [0.25, 0.3) is 5.91 Å². The number of carbonyl (C=O) groups is 1. The van der Waals surface area contributed by atoms with Crippen LogP contribution in [0.2, 0.25) is 0 Å². The summed E-state index contributed by atoms with van der Waals surface area (Å²) in [5.74, 6) is 0.696. The second-order valence-corrected chi connectivity index (χ2v) is 10.7. The van der Waals surface area contributed by atoms with E-state index < -0.39 is 0 Å². The Morgan fingerprint density at radius 3 is 2.24 bits per heavy atom. The van der Waals surface area contributed by atoms with Crippen molar-refractivity contribution in [3.05, 3.63) is 81.9 Å². The van der Waals surface area contributed by atoms with E-state index in [1.54, 1.807) is 0 Å². The fourth-order valence-corrected chi connectivity index (χ4v) is 5.11. The first kappa shape index (κ1) is 26.9. The SMILES string of the molecule is CC/C=C/c1c(N)ccc(C)c1/C(=C\C(=C(/C)CC)c1ccc(C(=O)N2CCN(C)CC2)cc1)C1CC1. The van der Waals surface area contributed by atoms with E-state index >= 15 is 0 Å². The van der Waals surface area contributed by atoms with Gasteiger partial charge in [-0.25, -0.2) is 0 Å². The molecule has 4 nitrogen and oxygen atoms in total. The van der Waals surface area contributed by atoms with E-state index in [1.165, 1.54) is 46.3 Å². The average Bonchev–Trinajstić information content (AvgIpc) is 3.75. The fourth-order valence-electron chi connectivity index (χ4n) is 5.11. The van der Waals surface area contributed by atoms with Gasteiger partial charge in [-0.1, -0.05) is 55.8 Å². The Kier molecular flexibility index (Phi) is 8.71. The van der Waals surface area contributed by atoms with E-state index in [0.717, 1.165) is 55.8 Å². The normalized spacial score (nSPS) is 17.9. The summed E-state index contributed by atoms with van der Waals surface area (Å²) in [7, 11) is 2.11. The molecular formula is C33H43N3O. The van der Waals surface area contributed by atoms with Gasteiger partial charge in [0.05, 0.1) is 0 Å². The van der Waals surface area contributed by atoms with Crippen LogP contribution in [0.4, 0.5) is 5.69 Å². The highest BCUT2D eigenvalue weighted by molar-refractivity contribution is 5.96. The van der Waals surface area contributed by atoms with Crippen molar-refractivity contribution in [2.24, 2.45) is 5.92 Å². The van der Waals surface area contributed by atoms with Crippen LogP contribution in [0.5, 0.6) is 0 Å². The number of nitrogens with two attached hydrogens (primary N) is 1. The molecule has 0 radical (unpaired) electrons. The molecule has 4 heteroatoms. The molecule has 0 spiro atoms. The van der Waals surface area contributed by atoms with Gasteiger partial charge in [-0.2, -0.15) is 0 Å². The maximum atomic E-state index is 13.1. The van der Waals surface area contributed by atoms with Gasteiger partial charge < -0.3 is 15.5 Å². The first-order chi connectivity index (χ1) is 17.8. The number of rotatable bonds is 8. The molecule has 1 saturated heterocycles. The van der Waals surface area contributed by atoms with Gasteiger partial charge in [0.2, 0.25) is 0 Å². The smallest absolute Gasteiger partial charge is 0.253 e. The lowest BCUT2D eigenvalue weighted by Crippen LogP contribution is -2.47. The summed E-state index contributed by atoms with van der Waals surface area (Å²) < 4.78 is 0. The molecule has 196 valence electrons. The van der Waals surface area contributed by atoms with Crippen LogP contribution in [-0.2, 0) is 0 Å². The molecule has 1 saturated carbocycles. The third-order valence-corrected chi connectivity index (χ3v) is 7.84. The lowest BCUT2D eigenvalue weighted by molar-refractivity contribution is 0.0664. The standard InChI is InChI=1S/C33H43N3O/c1-6-8-9-28-31(34)17-10-24(4)32(28)30(26-11-12-26)22-29(23(3)7-2)25-13-15-27(16-14-25)33(37)36-20-18-35(5)19-21-36/h8-10,13-17,22,26H,6-7,11-12,18-21,34H2,1-5H3/b9-8+,29-23-,30-22-. The van der Waals surface area contributed by atoms with Gasteiger partial charge in [-0.15, -0.1) is 0 Å². The van der Waals surface area contributed by atoms with Crippen molar-refractivity contribution in [1.82, 2.24) is 9.80 Å². The fraction of sp³-hybridized carbons (Fsp3) is 0.424. The number of benzene rings is 2. The van der Waals surface area contributed by atoms with Crippen LogP contribution < -0.4 is 5.73 Å². The Bertz CT molecular complexity index is 1210. The van der Waals surface area contributed by atoms with Crippen LogP contribution in [0.1, 0.15) is 79.1 Å². The van der Waals surface area contributed by atoms with E-state index in [9.17, 15) is 4.79 Å². The highest BCUT2D eigenvalue weighted by Gasteiger charge is 2.30. The molecule has 2 aliphatic rings. The number of nitrogen functional groups attached to an aromatic ring is 1. The number of likely N-dealkylation sites (N-methyl/N-ethyl adjacent to an activating group) is 1. The lowest BCUT2D eigenvalue weighted by Gasteiger charge is -2.32. The van der Waals surface area contributed by atoms with Crippen molar-refractivity contribution in [2.75, 3.05) is 39.0 Å². The molecule has 0 atom stereocenters. The molecule has 1 amide bonds. The topological polar surface area (TPSA) is 49.6 Å². The third kappa shape index (κ3) is 6.24. The number of amides is 1. The summed E-state index contributed by atoms with van der Waals surface area (Å²) in [5.41, 5.74) is 17.0. The molecule has 1 heterocycles. The highest BCUT2D eigenvalue weighted by atomic mass is 16.2. The van der Waals surface area contributed by atoms with Crippen molar-refractivity contribution in [3.8, 4) is 0 Å². The van der Waals surface area contributed by atoms with Gasteiger partial charge in [-0.3, -0.25) is 4.79 Å². The zero-order chi connectivity index (χ0) is 26.5. The average molecular weight is 498 g/mol. The molecule has 2 N–H and O–H groups in total. The summed E-state index contributed by atoms with van der Waals surface area (Å²) in [5, 5.41) is 0. The van der Waals surface area contributed by atoms with Crippen molar-refractivity contribution in [3.63, 3.8) is 0 Å². The lowest BCUT2D eigenvalue weighted by atomic mass is 9.87. The monoisotopic (exact) mass is 497 g/mol. The molecule has 2 aromatic rings. The Labute approximate surface area is 223 Å². The minimum atomic E-state index is 0.134. The second-order valence-electron chi connectivity index (χ2n) is 10.7. The van der Waals surface area contributed by atoms with E-state index in [-0.39, 0.29) is 5.91 Å². The summed E-state index contributed by atoms with van der Waals surface area (Å²) in [6, 6.07) is 12.4. The van der Waals surface area contributed by atoms with Crippen LogP contribution in [0.15, 0.2) is 54.1 Å². The summed E-state index contributed by atoms with van der Waals surface area (Å²) in [6.45, 7) is 12.2. The first-order valence-electron chi connectivity index (χ1n) is 13.9. The van der Waals surface area contributed by atoms with Crippen LogP contribution in [0.25, 0.3) is 17.2 Å².